The second-order valence-electron chi connectivity index (χ2n) is 3.47. The van der Waals surface area contributed by atoms with Gasteiger partial charge in [-0.25, -0.2) is 0 Å². The van der Waals surface area contributed by atoms with Gasteiger partial charge in [-0.15, -0.1) is 13.2 Å². The standard InChI is InChI=1S/C10H20Si2/c1-5-7-9-12(4,11-3)10-8-6-2/h5-6H,1-2,7-10H2,3-4H3. The molecule has 2 heteroatoms. The fourth-order valence-electron chi connectivity index (χ4n) is 1.22. The lowest BCUT2D eigenvalue weighted by Crippen LogP contribution is -2.36. The Morgan fingerprint density at radius 1 is 1.17 bits per heavy atom. The van der Waals surface area contributed by atoms with E-state index in [0.717, 1.165) is 9.04 Å². The van der Waals surface area contributed by atoms with E-state index in [1.165, 1.54) is 24.9 Å². The SMILES string of the molecule is C=CCC[Si](C)(CCC=C)[Si]C. The molecule has 0 saturated heterocycles. The minimum Gasteiger partial charge on any atom is -0.103 e. The van der Waals surface area contributed by atoms with E-state index in [-0.39, 0.29) is 0 Å². The van der Waals surface area contributed by atoms with E-state index >= 15 is 0 Å². The van der Waals surface area contributed by atoms with Crippen LogP contribution in [0, 0.1) is 0 Å². The first-order valence-corrected chi connectivity index (χ1v) is 10.0. The Hall–Kier alpha value is -0.0862. The van der Waals surface area contributed by atoms with Gasteiger partial charge in [0.2, 0.25) is 0 Å². The Bertz CT molecular complexity index is 129. The molecule has 0 aliphatic heterocycles. The predicted molar refractivity (Wildman–Crippen MR) is 62.5 cm³/mol. The minimum absolute atomic E-state index is 0.880. The van der Waals surface area contributed by atoms with Gasteiger partial charge in [-0.3, -0.25) is 0 Å². The third-order valence-electron chi connectivity index (χ3n) is 2.40. The molecule has 2 radical (unpaired) electrons. The second-order valence-corrected chi connectivity index (χ2v) is 13.2. The molecule has 68 valence electrons. The Kier molecular flexibility index (Phi) is 6.39. The van der Waals surface area contributed by atoms with Gasteiger partial charge in [-0.2, -0.15) is 0 Å². The van der Waals surface area contributed by atoms with Crippen molar-refractivity contribution in [2.45, 2.75) is 38.0 Å². The highest BCUT2D eigenvalue weighted by Crippen LogP contribution is 2.18. The fourth-order valence-corrected chi connectivity index (χ4v) is 6.01. The smallest absolute Gasteiger partial charge is 0.0391 e. The van der Waals surface area contributed by atoms with E-state index in [0.29, 0.717) is 0 Å². The highest BCUT2D eigenvalue weighted by atomic mass is 29.2. The molecule has 0 aromatic carbocycles. The van der Waals surface area contributed by atoms with E-state index < -0.39 is 7.59 Å². The summed E-state index contributed by atoms with van der Waals surface area (Å²) in [6.07, 6.45) is 6.53. The van der Waals surface area contributed by atoms with Crippen LogP contribution in [0.3, 0.4) is 0 Å². The van der Waals surface area contributed by atoms with Crippen LogP contribution in [0.4, 0.5) is 0 Å². The van der Waals surface area contributed by atoms with Crippen molar-refractivity contribution in [1.29, 1.82) is 0 Å². The Labute approximate surface area is 80.4 Å². The first kappa shape index (κ1) is 11.9. The van der Waals surface area contributed by atoms with Crippen molar-refractivity contribution >= 4 is 16.6 Å². The van der Waals surface area contributed by atoms with Crippen molar-refractivity contribution in [3.8, 4) is 0 Å². The van der Waals surface area contributed by atoms with Crippen LogP contribution in [0.25, 0.3) is 0 Å². The highest BCUT2D eigenvalue weighted by molar-refractivity contribution is 7.23. The fraction of sp³-hybridized carbons (Fsp3) is 0.600. The highest BCUT2D eigenvalue weighted by Gasteiger charge is 2.22. The lowest BCUT2D eigenvalue weighted by Gasteiger charge is -2.24. The molecule has 0 spiro atoms. The summed E-state index contributed by atoms with van der Waals surface area (Å²) >= 11 is 0. The van der Waals surface area contributed by atoms with E-state index in [9.17, 15) is 0 Å². The number of rotatable bonds is 7. The van der Waals surface area contributed by atoms with E-state index in [1.54, 1.807) is 0 Å². The average molecular weight is 196 g/mol. The summed E-state index contributed by atoms with van der Waals surface area (Å²) in [5.74, 6) is 0. The van der Waals surface area contributed by atoms with E-state index in [2.05, 4.69) is 38.4 Å². The monoisotopic (exact) mass is 196 g/mol. The zero-order valence-corrected chi connectivity index (χ0v) is 10.4. The van der Waals surface area contributed by atoms with Crippen LogP contribution in [-0.2, 0) is 0 Å². The van der Waals surface area contributed by atoms with Crippen molar-refractivity contribution < 1.29 is 0 Å². The van der Waals surface area contributed by atoms with Gasteiger partial charge in [-0.1, -0.05) is 37.3 Å². The van der Waals surface area contributed by atoms with Crippen LogP contribution in [0.5, 0.6) is 0 Å². The van der Waals surface area contributed by atoms with Crippen LogP contribution in [0.15, 0.2) is 25.3 Å². The van der Waals surface area contributed by atoms with E-state index in [1.807, 2.05) is 0 Å². The Morgan fingerprint density at radius 2 is 1.58 bits per heavy atom. The number of hydrogen-bond acceptors (Lipinski definition) is 0. The molecule has 0 nitrogen and oxygen atoms in total. The van der Waals surface area contributed by atoms with Gasteiger partial charge < -0.3 is 0 Å². The maximum atomic E-state index is 3.78. The first-order valence-electron chi connectivity index (χ1n) is 4.59. The molecule has 12 heavy (non-hydrogen) atoms. The molecule has 0 saturated carbocycles. The van der Waals surface area contributed by atoms with Crippen LogP contribution >= 0.6 is 0 Å². The lowest BCUT2D eigenvalue weighted by atomic mass is 10.5. The van der Waals surface area contributed by atoms with Gasteiger partial charge in [0.25, 0.3) is 0 Å². The quantitative estimate of drug-likeness (QED) is 0.432. The molecule has 0 heterocycles. The summed E-state index contributed by atoms with van der Waals surface area (Å²) in [5.41, 5.74) is 0. The summed E-state index contributed by atoms with van der Waals surface area (Å²) in [6, 6.07) is 2.83. The van der Waals surface area contributed by atoms with Crippen LogP contribution in [0.2, 0.25) is 25.2 Å². The van der Waals surface area contributed by atoms with Gasteiger partial charge in [-0.05, 0) is 12.8 Å². The van der Waals surface area contributed by atoms with Crippen molar-refractivity contribution in [3.63, 3.8) is 0 Å². The third-order valence-corrected chi connectivity index (χ3v) is 11.5. The maximum Gasteiger partial charge on any atom is 0.0391 e. The van der Waals surface area contributed by atoms with Crippen molar-refractivity contribution in [2.75, 3.05) is 0 Å². The topological polar surface area (TPSA) is 0 Å². The molecule has 0 N–H and O–H groups in total. The summed E-state index contributed by atoms with van der Waals surface area (Å²) in [5, 5.41) is 0. The summed E-state index contributed by atoms with van der Waals surface area (Å²) in [4.78, 5) is 0. The second kappa shape index (κ2) is 6.43. The maximum absolute atomic E-state index is 3.78. The summed E-state index contributed by atoms with van der Waals surface area (Å²) in [7, 11) is 0.285. The van der Waals surface area contributed by atoms with Crippen molar-refractivity contribution in [1.82, 2.24) is 0 Å². The molecule has 0 amide bonds. The molecular formula is C10H20Si2. The molecule has 0 aliphatic rings. The lowest BCUT2D eigenvalue weighted by molar-refractivity contribution is 1.10. The Balaban J connectivity index is 3.84. The minimum atomic E-state index is -0.880. The van der Waals surface area contributed by atoms with E-state index in [4.69, 9.17) is 0 Å². The predicted octanol–water partition coefficient (Wildman–Crippen LogP) is 3.47. The van der Waals surface area contributed by atoms with Crippen LogP contribution < -0.4 is 0 Å². The molecule has 0 unspecified atom stereocenters. The summed E-state index contributed by atoms with van der Waals surface area (Å²) in [6.45, 7) is 12.4. The Morgan fingerprint density at radius 3 is 1.83 bits per heavy atom. The average Bonchev–Trinajstić information content (AvgIpc) is 2.11. The zero-order valence-electron chi connectivity index (χ0n) is 8.40. The molecule has 0 rings (SSSR count). The molecule has 0 atom stereocenters. The molecule has 0 fully saturated rings. The number of hydrogen-bond donors (Lipinski definition) is 0. The van der Waals surface area contributed by atoms with Gasteiger partial charge in [0.1, 0.15) is 0 Å². The summed E-state index contributed by atoms with van der Waals surface area (Å²) < 4.78 is 0. The van der Waals surface area contributed by atoms with Gasteiger partial charge >= 0.3 is 0 Å². The van der Waals surface area contributed by atoms with Gasteiger partial charge in [0, 0.05) is 16.6 Å². The van der Waals surface area contributed by atoms with Gasteiger partial charge in [0.15, 0.2) is 0 Å². The first-order chi connectivity index (χ1) is 5.68. The van der Waals surface area contributed by atoms with Gasteiger partial charge in [0.05, 0.1) is 0 Å². The normalized spacial score (nSPS) is 11.2. The number of allylic oxidation sites excluding steroid dienone is 2. The third kappa shape index (κ3) is 4.72. The van der Waals surface area contributed by atoms with Crippen LogP contribution in [0.1, 0.15) is 12.8 Å². The molecule has 0 bridgehead atoms. The van der Waals surface area contributed by atoms with Crippen LogP contribution in [-0.4, -0.2) is 16.6 Å². The largest absolute Gasteiger partial charge is 0.103 e. The zero-order chi connectivity index (χ0) is 9.45. The molecule has 0 aromatic rings. The molecule has 0 aromatic heterocycles. The molecular weight excluding hydrogens is 176 g/mol. The van der Waals surface area contributed by atoms with Crippen molar-refractivity contribution in [2.24, 2.45) is 0 Å². The molecule has 0 aliphatic carbocycles. The van der Waals surface area contributed by atoms with Crippen molar-refractivity contribution in [3.05, 3.63) is 25.3 Å².